The van der Waals surface area contributed by atoms with Crippen molar-refractivity contribution in [1.82, 2.24) is 15.2 Å². The third-order valence-electron chi connectivity index (χ3n) is 4.14. The number of hydrogen-bond acceptors (Lipinski definition) is 4. The minimum atomic E-state index is -0.233. The van der Waals surface area contributed by atoms with E-state index in [-0.39, 0.29) is 12.6 Å². The molecule has 1 aromatic heterocycles. The highest BCUT2D eigenvalue weighted by Gasteiger charge is 2.22. The summed E-state index contributed by atoms with van der Waals surface area (Å²) in [6.45, 7) is 4.77. The number of aliphatic hydroxyl groups excluding tert-OH is 1. The minimum Gasteiger partial charge on any atom is -0.395 e. The number of carbonyl (C=O) groups excluding carboxylic acids is 1. The zero-order chi connectivity index (χ0) is 16.7. The van der Waals surface area contributed by atoms with Crippen molar-refractivity contribution >= 4 is 23.3 Å². The summed E-state index contributed by atoms with van der Waals surface area (Å²) >= 11 is 5.85. The van der Waals surface area contributed by atoms with Crippen molar-refractivity contribution in [2.45, 2.75) is 38.6 Å². The number of rotatable bonds is 7. The van der Waals surface area contributed by atoms with Crippen molar-refractivity contribution in [2.24, 2.45) is 0 Å². The molecule has 2 amide bonds. The third-order valence-corrected chi connectivity index (χ3v) is 4.54. The zero-order valence-electron chi connectivity index (χ0n) is 13.5. The normalized spacial score (nSPS) is 18.1. The van der Waals surface area contributed by atoms with Crippen molar-refractivity contribution < 1.29 is 9.90 Å². The first-order valence-corrected chi connectivity index (χ1v) is 8.50. The van der Waals surface area contributed by atoms with Gasteiger partial charge in [-0.1, -0.05) is 11.6 Å². The zero-order valence-corrected chi connectivity index (χ0v) is 14.3. The van der Waals surface area contributed by atoms with Crippen LogP contribution in [0.1, 0.15) is 31.2 Å². The second kappa shape index (κ2) is 9.05. The van der Waals surface area contributed by atoms with Gasteiger partial charge in [-0.05, 0) is 57.3 Å². The molecule has 0 bridgehead atoms. The van der Waals surface area contributed by atoms with E-state index >= 15 is 0 Å². The summed E-state index contributed by atoms with van der Waals surface area (Å²) in [6, 6.07) is 1.88. The second-order valence-electron chi connectivity index (χ2n) is 5.93. The highest BCUT2D eigenvalue weighted by molar-refractivity contribution is 6.30. The van der Waals surface area contributed by atoms with E-state index in [4.69, 9.17) is 11.6 Å². The van der Waals surface area contributed by atoms with Crippen molar-refractivity contribution in [3.05, 3.63) is 23.0 Å². The van der Waals surface area contributed by atoms with Crippen LogP contribution in [-0.2, 0) is 0 Å². The molecule has 2 rings (SSSR count). The van der Waals surface area contributed by atoms with Gasteiger partial charge in [-0.2, -0.15) is 0 Å². The lowest BCUT2D eigenvalue weighted by atomic mass is 10.2. The molecule has 1 aliphatic heterocycles. The maximum absolute atomic E-state index is 11.8. The fourth-order valence-corrected chi connectivity index (χ4v) is 2.94. The summed E-state index contributed by atoms with van der Waals surface area (Å²) in [7, 11) is 0. The van der Waals surface area contributed by atoms with Crippen LogP contribution in [0.15, 0.2) is 12.3 Å². The van der Waals surface area contributed by atoms with Crippen molar-refractivity contribution in [2.75, 3.05) is 31.6 Å². The van der Waals surface area contributed by atoms with Gasteiger partial charge in [0.2, 0.25) is 0 Å². The lowest BCUT2D eigenvalue weighted by Crippen LogP contribution is -2.34. The number of unbranched alkanes of at least 4 members (excludes halogenated alkanes) is 1. The minimum absolute atomic E-state index is 0.233. The molecule has 1 aromatic rings. The number of hydrogen-bond donors (Lipinski definition) is 3. The predicted molar refractivity (Wildman–Crippen MR) is 91.9 cm³/mol. The van der Waals surface area contributed by atoms with Gasteiger partial charge >= 0.3 is 6.03 Å². The number of likely N-dealkylation sites (tertiary alicyclic amines) is 1. The molecule has 1 atom stereocenters. The van der Waals surface area contributed by atoms with E-state index in [0.717, 1.165) is 37.9 Å². The Bertz CT molecular complexity index is 527. The molecule has 0 radical (unpaired) electrons. The Labute approximate surface area is 142 Å². The maximum atomic E-state index is 11.8. The average molecular weight is 341 g/mol. The van der Waals surface area contributed by atoms with Gasteiger partial charge in [0.05, 0.1) is 18.5 Å². The molecule has 0 saturated carbocycles. The summed E-state index contributed by atoms with van der Waals surface area (Å²) in [5.41, 5.74) is 1.46. The molecular formula is C16H25ClN4O2. The van der Waals surface area contributed by atoms with Gasteiger partial charge in [0.25, 0.3) is 0 Å². The van der Waals surface area contributed by atoms with Crippen LogP contribution >= 0.6 is 11.6 Å². The number of nitrogens with one attached hydrogen (secondary N) is 2. The van der Waals surface area contributed by atoms with Gasteiger partial charge in [0, 0.05) is 12.6 Å². The van der Waals surface area contributed by atoms with Crippen LogP contribution < -0.4 is 10.6 Å². The van der Waals surface area contributed by atoms with Gasteiger partial charge in [-0.3, -0.25) is 4.90 Å². The van der Waals surface area contributed by atoms with Crippen molar-refractivity contribution in [3.8, 4) is 0 Å². The smallest absolute Gasteiger partial charge is 0.319 e. The Balaban J connectivity index is 1.60. The molecule has 3 N–H and O–H groups in total. The standard InChI is InChI=1S/C16H25ClN4O2/c1-12-9-13(10-19-15(12)17)20-16(23)18-6-2-3-7-21-8-4-5-14(21)11-22/h9-10,14,22H,2-8,11H2,1H3,(H2,18,20,23). The molecule has 128 valence electrons. The number of aliphatic hydroxyl groups is 1. The molecule has 1 saturated heterocycles. The second-order valence-corrected chi connectivity index (χ2v) is 6.29. The largest absolute Gasteiger partial charge is 0.395 e. The highest BCUT2D eigenvalue weighted by Crippen LogP contribution is 2.17. The van der Waals surface area contributed by atoms with Crippen molar-refractivity contribution in [3.63, 3.8) is 0 Å². The maximum Gasteiger partial charge on any atom is 0.319 e. The number of halogens is 1. The summed E-state index contributed by atoms with van der Waals surface area (Å²) in [4.78, 5) is 18.1. The number of anilines is 1. The lowest BCUT2D eigenvalue weighted by Gasteiger charge is -2.22. The molecule has 0 aliphatic carbocycles. The van der Waals surface area contributed by atoms with Gasteiger partial charge in [0.15, 0.2) is 0 Å². The average Bonchev–Trinajstić information content (AvgIpc) is 2.98. The third kappa shape index (κ3) is 5.64. The van der Waals surface area contributed by atoms with Crippen LogP contribution in [0.2, 0.25) is 5.15 Å². The quantitative estimate of drug-likeness (QED) is 0.526. The van der Waals surface area contributed by atoms with Gasteiger partial charge in [0.1, 0.15) is 5.15 Å². The number of amides is 2. The number of carbonyl (C=O) groups is 1. The molecule has 0 aromatic carbocycles. The van der Waals surface area contributed by atoms with Gasteiger partial charge in [-0.15, -0.1) is 0 Å². The molecular weight excluding hydrogens is 316 g/mol. The molecule has 1 aliphatic rings. The first kappa shape index (κ1) is 18.0. The van der Waals surface area contributed by atoms with E-state index < -0.39 is 0 Å². The number of nitrogens with zero attached hydrogens (tertiary/aromatic N) is 2. The van der Waals surface area contributed by atoms with E-state index in [1.807, 2.05) is 6.92 Å². The van der Waals surface area contributed by atoms with E-state index in [1.54, 1.807) is 6.07 Å². The van der Waals surface area contributed by atoms with E-state index in [0.29, 0.717) is 23.4 Å². The fourth-order valence-electron chi connectivity index (χ4n) is 2.84. The van der Waals surface area contributed by atoms with Crippen LogP contribution in [0.25, 0.3) is 0 Å². The van der Waals surface area contributed by atoms with Crippen LogP contribution in [0.5, 0.6) is 0 Å². The lowest BCUT2D eigenvalue weighted by molar-refractivity contribution is 0.157. The van der Waals surface area contributed by atoms with Gasteiger partial charge < -0.3 is 15.7 Å². The Morgan fingerprint density at radius 2 is 2.35 bits per heavy atom. The number of urea groups is 1. The predicted octanol–water partition coefficient (Wildman–Crippen LogP) is 2.40. The summed E-state index contributed by atoms with van der Waals surface area (Å²) in [5.74, 6) is 0. The summed E-state index contributed by atoms with van der Waals surface area (Å²) in [6.07, 6.45) is 5.72. The van der Waals surface area contributed by atoms with Crippen LogP contribution in [0.4, 0.5) is 10.5 Å². The Morgan fingerprint density at radius 1 is 1.52 bits per heavy atom. The Hall–Kier alpha value is -1.37. The molecule has 1 fully saturated rings. The monoisotopic (exact) mass is 340 g/mol. The topological polar surface area (TPSA) is 77.5 Å². The Morgan fingerprint density at radius 3 is 3.09 bits per heavy atom. The fraction of sp³-hybridized carbons (Fsp3) is 0.625. The van der Waals surface area contributed by atoms with Gasteiger partial charge in [-0.25, -0.2) is 9.78 Å². The van der Waals surface area contributed by atoms with E-state index in [2.05, 4.69) is 20.5 Å². The van der Waals surface area contributed by atoms with E-state index in [9.17, 15) is 9.90 Å². The Kier molecular flexibility index (Phi) is 7.08. The molecule has 1 unspecified atom stereocenters. The van der Waals surface area contributed by atoms with Crippen LogP contribution in [0.3, 0.4) is 0 Å². The van der Waals surface area contributed by atoms with Crippen molar-refractivity contribution in [1.29, 1.82) is 0 Å². The number of aryl methyl sites for hydroxylation is 1. The first-order chi connectivity index (χ1) is 11.1. The molecule has 0 spiro atoms. The first-order valence-electron chi connectivity index (χ1n) is 8.12. The molecule has 23 heavy (non-hydrogen) atoms. The van der Waals surface area contributed by atoms with Crippen LogP contribution in [0, 0.1) is 6.92 Å². The SMILES string of the molecule is Cc1cc(NC(=O)NCCCCN2CCCC2CO)cnc1Cl. The molecule has 7 heteroatoms. The summed E-state index contributed by atoms with van der Waals surface area (Å²) < 4.78 is 0. The molecule has 6 nitrogen and oxygen atoms in total. The highest BCUT2D eigenvalue weighted by atomic mass is 35.5. The number of aromatic nitrogens is 1. The van der Waals surface area contributed by atoms with Crippen LogP contribution in [-0.4, -0.2) is 53.3 Å². The summed E-state index contributed by atoms with van der Waals surface area (Å²) in [5, 5.41) is 15.3. The molecule has 2 heterocycles. The number of pyridine rings is 1. The van der Waals surface area contributed by atoms with E-state index in [1.165, 1.54) is 12.6 Å².